The van der Waals surface area contributed by atoms with Crippen molar-refractivity contribution in [2.24, 2.45) is 0 Å². The van der Waals surface area contributed by atoms with Crippen molar-refractivity contribution in [1.82, 2.24) is 10.2 Å². The third-order valence-corrected chi connectivity index (χ3v) is 5.83. The number of carbonyl (C=O) groups excluding carboxylic acids is 2. The van der Waals surface area contributed by atoms with E-state index < -0.39 is 23.8 Å². The third kappa shape index (κ3) is 3.43. The maximum absolute atomic E-state index is 13.2. The zero-order valence-corrected chi connectivity index (χ0v) is 17.4. The Bertz CT molecular complexity index is 1150. The number of nitrogens with zero attached hydrogens (tertiary/aromatic N) is 1. The smallest absolute Gasteiger partial charge is 0.327 e. The molecule has 0 bridgehead atoms. The van der Waals surface area contributed by atoms with Crippen LogP contribution in [0.1, 0.15) is 11.1 Å². The Hall–Kier alpha value is -2.94. The van der Waals surface area contributed by atoms with Gasteiger partial charge < -0.3 is 15.7 Å². The molecular formula is C20H13Cl2N3O4S. The fourth-order valence-corrected chi connectivity index (χ4v) is 4.06. The second-order valence-electron chi connectivity index (χ2n) is 6.67. The Labute approximate surface area is 186 Å². The molecule has 2 amide bonds. The minimum Gasteiger partial charge on any atom is -0.480 e. The van der Waals surface area contributed by atoms with Gasteiger partial charge in [-0.25, -0.2) is 4.79 Å². The molecule has 0 aromatic heterocycles. The Morgan fingerprint density at radius 1 is 1.10 bits per heavy atom. The molecule has 0 radical (unpaired) electrons. The summed E-state index contributed by atoms with van der Waals surface area (Å²) in [5, 5.41) is 15.5. The minimum absolute atomic E-state index is 0.0299. The van der Waals surface area contributed by atoms with Gasteiger partial charge >= 0.3 is 5.97 Å². The van der Waals surface area contributed by atoms with Gasteiger partial charge in [-0.2, -0.15) is 0 Å². The Kier molecular flexibility index (Phi) is 5.23. The first-order chi connectivity index (χ1) is 14.3. The van der Waals surface area contributed by atoms with Gasteiger partial charge in [0, 0.05) is 12.0 Å². The highest BCUT2D eigenvalue weighted by molar-refractivity contribution is 7.80. The minimum atomic E-state index is -1.24. The molecule has 1 atom stereocenters. The van der Waals surface area contributed by atoms with E-state index in [0.717, 1.165) is 10.5 Å². The molecule has 152 valence electrons. The van der Waals surface area contributed by atoms with Crippen LogP contribution in [-0.4, -0.2) is 38.9 Å². The van der Waals surface area contributed by atoms with E-state index >= 15 is 0 Å². The molecule has 2 heterocycles. The number of halogens is 2. The molecule has 4 rings (SSSR count). The summed E-state index contributed by atoms with van der Waals surface area (Å²) in [6.45, 7) is 0. The van der Waals surface area contributed by atoms with Crippen molar-refractivity contribution in [1.29, 1.82) is 0 Å². The predicted octanol–water partition coefficient (Wildman–Crippen LogP) is 3.07. The van der Waals surface area contributed by atoms with Crippen LogP contribution in [-0.2, 0) is 20.8 Å². The molecule has 2 aliphatic rings. The van der Waals surface area contributed by atoms with Gasteiger partial charge in [0.2, 0.25) is 0 Å². The summed E-state index contributed by atoms with van der Waals surface area (Å²) in [7, 11) is 0. The molecule has 1 unspecified atom stereocenters. The highest BCUT2D eigenvalue weighted by atomic mass is 35.5. The lowest BCUT2D eigenvalue weighted by Crippen LogP contribution is -2.46. The van der Waals surface area contributed by atoms with Gasteiger partial charge in [0.25, 0.3) is 11.8 Å². The average molecular weight is 462 g/mol. The summed E-state index contributed by atoms with van der Waals surface area (Å²) in [6.07, 6.45) is 0.0521. The van der Waals surface area contributed by atoms with E-state index in [2.05, 4.69) is 10.6 Å². The molecular weight excluding hydrogens is 449 g/mol. The molecule has 2 aromatic carbocycles. The van der Waals surface area contributed by atoms with Crippen LogP contribution in [0.25, 0.3) is 5.57 Å². The number of thiocarbonyl (C=S) groups is 1. The number of rotatable bonds is 4. The van der Waals surface area contributed by atoms with Gasteiger partial charge in [-0.1, -0.05) is 53.5 Å². The normalized spacial score (nSPS) is 18.9. The van der Waals surface area contributed by atoms with Crippen molar-refractivity contribution in [3.05, 3.63) is 69.3 Å². The lowest BCUT2D eigenvalue weighted by atomic mass is 10.0. The highest BCUT2D eigenvalue weighted by Gasteiger charge is 2.43. The number of fused-ring (bicyclic) bond motifs is 1. The van der Waals surface area contributed by atoms with E-state index in [0.29, 0.717) is 11.3 Å². The summed E-state index contributed by atoms with van der Waals surface area (Å²) < 4.78 is 0. The second kappa shape index (κ2) is 7.71. The lowest BCUT2D eigenvalue weighted by Gasteiger charge is -2.22. The monoisotopic (exact) mass is 461 g/mol. The van der Waals surface area contributed by atoms with Crippen LogP contribution < -0.4 is 10.6 Å². The predicted molar refractivity (Wildman–Crippen MR) is 116 cm³/mol. The standard InChI is InChI=1S/C20H13Cl2N3O4S/c21-11-7-10-13(8-12(11)22)23-17(26)15(10)16-18(27)25(20(30)24-16)14(19(28)29)6-9-4-2-1-3-5-9/h1-5,7-8,14H,6H2,(H,23,26)(H,24,30)(H,28,29)/b16-15-. The van der Waals surface area contributed by atoms with Crippen molar-refractivity contribution in [3.63, 3.8) is 0 Å². The summed E-state index contributed by atoms with van der Waals surface area (Å²) in [6, 6.07) is 10.6. The maximum Gasteiger partial charge on any atom is 0.327 e. The van der Waals surface area contributed by atoms with E-state index in [-0.39, 0.29) is 32.8 Å². The molecule has 0 spiro atoms. The number of hydrogen-bond acceptors (Lipinski definition) is 4. The van der Waals surface area contributed by atoms with Gasteiger partial charge in [0.05, 0.1) is 21.3 Å². The van der Waals surface area contributed by atoms with Crippen LogP contribution in [0.5, 0.6) is 0 Å². The van der Waals surface area contributed by atoms with Crippen LogP contribution in [0.15, 0.2) is 48.2 Å². The molecule has 1 saturated heterocycles. The van der Waals surface area contributed by atoms with Crippen molar-refractivity contribution in [2.75, 3.05) is 5.32 Å². The van der Waals surface area contributed by atoms with Crippen LogP contribution in [0, 0.1) is 0 Å². The highest BCUT2D eigenvalue weighted by Crippen LogP contribution is 2.39. The third-order valence-electron chi connectivity index (χ3n) is 4.81. The first-order valence-corrected chi connectivity index (χ1v) is 9.90. The first-order valence-electron chi connectivity index (χ1n) is 8.74. The van der Waals surface area contributed by atoms with Crippen molar-refractivity contribution < 1.29 is 19.5 Å². The van der Waals surface area contributed by atoms with Crippen LogP contribution in [0.4, 0.5) is 5.69 Å². The molecule has 0 aliphatic carbocycles. The lowest BCUT2D eigenvalue weighted by molar-refractivity contribution is -0.145. The van der Waals surface area contributed by atoms with Crippen molar-refractivity contribution in [2.45, 2.75) is 12.5 Å². The van der Waals surface area contributed by atoms with Gasteiger partial charge in [0.1, 0.15) is 11.7 Å². The van der Waals surface area contributed by atoms with E-state index in [9.17, 15) is 19.5 Å². The van der Waals surface area contributed by atoms with E-state index in [1.165, 1.54) is 12.1 Å². The number of nitrogens with one attached hydrogen (secondary N) is 2. The number of benzene rings is 2. The molecule has 2 aliphatic heterocycles. The zero-order chi connectivity index (χ0) is 21.6. The van der Waals surface area contributed by atoms with Crippen LogP contribution >= 0.6 is 35.4 Å². The number of anilines is 1. The number of aliphatic carboxylic acids is 1. The number of carboxylic acid groups (broad SMARTS) is 1. The Balaban J connectivity index is 1.75. The largest absolute Gasteiger partial charge is 0.480 e. The summed E-state index contributed by atoms with van der Waals surface area (Å²) in [5.74, 6) is -2.46. The number of hydrogen-bond donors (Lipinski definition) is 3. The Morgan fingerprint density at radius 2 is 1.77 bits per heavy atom. The zero-order valence-electron chi connectivity index (χ0n) is 15.1. The van der Waals surface area contributed by atoms with E-state index in [4.69, 9.17) is 35.4 Å². The number of carbonyl (C=O) groups is 3. The molecule has 0 saturated carbocycles. The topological polar surface area (TPSA) is 98.7 Å². The van der Waals surface area contributed by atoms with Gasteiger partial charge in [0.15, 0.2) is 5.11 Å². The van der Waals surface area contributed by atoms with E-state index in [1.54, 1.807) is 24.3 Å². The second-order valence-corrected chi connectivity index (χ2v) is 7.87. The summed E-state index contributed by atoms with van der Waals surface area (Å²) in [4.78, 5) is 38.7. The fourth-order valence-electron chi connectivity index (χ4n) is 3.42. The molecule has 10 heteroatoms. The van der Waals surface area contributed by atoms with Crippen molar-refractivity contribution >= 4 is 69.6 Å². The maximum atomic E-state index is 13.2. The SMILES string of the molecule is O=C1Nc2cc(Cl)c(Cl)cc2/C1=C1/NC(=S)N(C(Cc2ccccc2)C(=O)O)C1=O. The van der Waals surface area contributed by atoms with Crippen LogP contribution in [0.2, 0.25) is 10.0 Å². The Morgan fingerprint density at radius 3 is 2.43 bits per heavy atom. The van der Waals surface area contributed by atoms with Gasteiger partial charge in [-0.05, 0) is 29.9 Å². The quantitative estimate of drug-likeness (QED) is 0.477. The van der Waals surface area contributed by atoms with Crippen molar-refractivity contribution in [3.8, 4) is 0 Å². The number of carboxylic acids is 1. The molecule has 7 nitrogen and oxygen atoms in total. The number of amides is 2. The van der Waals surface area contributed by atoms with Crippen LogP contribution in [0.3, 0.4) is 0 Å². The first kappa shape index (κ1) is 20.3. The molecule has 1 fully saturated rings. The molecule has 3 N–H and O–H groups in total. The summed E-state index contributed by atoms with van der Waals surface area (Å²) in [5.41, 5.74) is 1.43. The van der Waals surface area contributed by atoms with E-state index in [1.807, 2.05) is 6.07 Å². The molecule has 30 heavy (non-hydrogen) atoms. The van der Waals surface area contributed by atoms with Gasteiger partial charge in [-0.3, -0.25) is 14.5 Å². The fraction of sp³-hybridized carbons (Fsp3) is 0.100. The van der Waals surface area contributed by atoms with Gasteiger partial charge in [-0.15, -0.1) is 0 Å². The average Bonchev–Trinajstić information content (AvgIpc) is 3.15. The summed E-state index contributed by atoms with van der Waals surface area (Å²) >= 11 is 17.3. The molecule has 2 aromatic rings.